The summed E-state index contributed by atoms with van der Waals surface area (Å²) in [5.41, 5.74) is 0.307. The first-order valence-electron chi connectivity index (χ1n) is 8.78. The van der Waals surface area contributed by atoms with E-state index in [0.29, 0.717) is 5.92 Å². The number of nitrogens with zero attached hydrogens (tertiary/aromatic N) is 2. The molecule has 1 aliphatic carbocycles. The highest BCUT2D eigenvalue weighted by atomic mass is 16.6. The Kier molecular flexibility index (Phi) is 4.62. The van der Waals surface area contributed by atoms with E-state index < -0.39 is 17.8 Å². The average Bonchev–Trinajstić information content (AvgIpc) is 3.08. The highest BCUT2D eigenvalue weighted by Crippen LogP contribution is 2.42. The maximum atomic E-state index is 12.7. The van der Waals surface area contributed by atoms with Gasteiger partial charge >= 0.3 is 12.2 Å². The summed E-state index contributed by atoms with van der Waals surface area (Å²) in [5.74, 6) is 0.341. The van der Waals surface area contributed by atoms with Crippen LogP contribution in [0, 0.1) is 5.92 Å². The van der Waals surface area contributed by atoms with E-state index in [1.807, 2.05) is 51.1 Å². The van der Waals surface area contributed by atoms with E-state index in [1.54, 1.807) is 0 Å². The Labute approximate surface area is 148 Å². The molecule has 25 heavy (non-hydrogen) atoms. The van der Waals surface area contributed by atoms with Gasteiger partial charge in [0, 0.05) is 0 Å². The van der Waals surface area contributed by atoms with Gasteiger partial charge in [-0.05, 0) is 45.1 Å². The van der Waals surface area contributed by atoms with E-state index in [0.717, 1.165) is 18.4 Å². The molecule has 6 heteroatoms. The first-order chi connectivity index (χ1) is 11.8. The quantitative estimate of drug-likeness (QED) is 0.813. The Morgan fingerprint density at radius 2 is 1.76 bits per heavy atom. The number of hydrogen-bond donors (Lipinski definition) is 0. The van der Waals surface area contributed by atoms with Gasteiger partial charge in [0.05, 0.1) is 12.1 Å². The third-order valence-corrected chi connectivity index (χ3v) is 4.68. The zero-order chi connectivity index (χ0) is 18.2. The van der Waals surface area contributed by atoms with Gasteiger partial charge in [0.1, 0.15) is 12.2 Å². The van der Waals surface area contributed by atoms with Gasteiger partial charge in [-0.15, -0.1) is 0 Å². The third kappa shape index (κ3) is 3.72. The molecule has 1 saturated heterocycles. The van der Waals surface area contributed by atoms with E-state index in [9.17, 15) is 9.59 Å². The van der Waals surface area contributed by atoms with Gasteiger partial charge in [0.15, 0.2) is 0 Å². The zero-order valence-corrected chi connectivity index (χ0v) is 15.3. The summed E-state index contributed by atoms with van der Waals surface area (Å²) in [7, 11) is 0. The van der Waals surface area contributed by atoms with Crippen molar-refractivity contribution in [1.82, 2.24) is 10.0 Å². The molecule has 1 heterocycles. The number of benzene rings is 1. The summed E-state index contributed by atoms with van der Waals surface area (Å²) in [6.07, 6.45) is 0.685. The average molecular weight is 346 g/mol. The molecular weight excluding hydrogens is 320 g/mol. The van der Waals surface area contributed by atoms with Crippen LogP contribution in [-0.4, -0.2) is 39.9 Å². The first kappa shape index (κ1) is 17.6. The number of fused-ring (bicyclic) bond motifs is 2. The van der Waals surface area contributed by atoms with E-state index in [4.69, 9.17) is 9.47 Å². The number of carbonyl (C=O) groups is 2. The molecule has 3 atom stereocenters. The minimum absolute atomic E-state index is 0.000810. The predicted octanol–water partition coefficient (Wildman–Crippen LogP) is 3.96. The zero-order valence-electron chi connectivity index (χ0n) is 15.3. The molecule has 1 aromatic carbocycles. The number of carbonyl (C=O) groups excluding carboxylic acids is 2. The van der Waals surface area contributed by atoms with Crippen molar-refractivity contribution in [2.24, 2.45) is 5.92 Å². The minimum Gasteiger partial charge on any atom is -0.443 e. The lowest BCUT2D eigenvalue weighted by molar-refractivity contribution is -0.0714. The van der Waals surface area contributed by atoms with Gasteiger partial charge in [-0.1, -0.05) is 37.3 Å². The Hall–Kier alpha value is -2.24. The van der Waals surface area contributed by atoms with Crippen LogP contribution in [0.15, 0.2) is 30.3 Å². The fourth-order valence-electron chi connectivity index (χ4n) is 3.62. The molecule has 0 N–H and O–H groups in total. The number of hydrazine groups is 1. The van der Waals surface area contributed by atoms with Gasteiger partial charge in [-0.25, -0.2) is 19.6 Å². The van der Waals surface area contributed by atoms with Gasteiger partial charge in [-0.2, -0.15) is 0 Å². The highest BCUT2D eigenvalue weighted by molar-refractivity contribution is 5.76. The van der Waals surface area contributed by atoms with Gasteiger partial charge in [-0.3, -0.25) is 0 Å². The molecule has 3 unspecified atom stereocenters. The lowest BCUT2D eigenvalue weighted by atomic mass is 10.1. The molecule has 0 spiro atoms. The van der Waals surface area contributed by atoms with Crippen molar-refractivity contribution in [1.29, 1.82) is 0 Å². The Balaban J connectivity index is 1.72. The number of hydrogen-bond acceptors (Lipinski definition) is 4. The first-order valence-corrected chi connectivity index (χ1v) is 8.78. The van der Waals surface area contributed by atoms with Crippen LogP contribution in [0.2, 0.25) is 0 Å². The summed E-state index contributed by atoms with van der Waals surface area (Å²) in [5, 5.41) is 2.93. The second-order valence-electron chi connectivity index (χ2n) is 7.88. The molecule has 2 aliphatic rings. The third-order valence-electron chi connectivity index (χ3n) is 4.68. The van der Waals surface area contributed by atoms with Crippen molar-refractivity contribution in [3.63, 3.8) is 0 Å². The molecule has 2 fully saturated rings. The Morgan fingerprint density at radius 1 is 1.08 bits per heavy atom. The van der Waals surface area contributed by atoms with Gasteiger partial charge in [0.2, 0.25) is 0 Å². The molecule has 1 aromatic rings. The van der Waals surface area contributed by atoms with Crippen molar-refractivity contribution in [2.75, 3.05) is 0 Å². The van der Waals surface area contributed by atoms with E-state index >= 15 is 0 Å². The predicted molar refractivity (Wildman–Crippen MR) is 92.5 cm³/mol. The summed E-state index contributed by atoms with van der Waals surface area (Å²) in [6, 6.07) is 9.50. The monoisotopic (exact) mass is 346 g/mol. The van der Waals surface area contributed by atoms with Gasteiger partial charge < -0.3 is 9.47 Å². The molecule has 0 aromatic heterocycles. The van der Waals surface area contributed by atoms with Crippen LogP contribution < -0.4 is 0 Å². The standard InChI is InChI=1S/C19H26N2O4/c1-13-10-15-11-16(13)21(20(15)18(23)25-19(2,3)4)17(22)24-12-14-8-6-5-7-9-14/h5-9,13,15-16H,10-12H2,1-4H3. The number of ether oxygens (including phenoxy) is 2. The number of amides is 2. The molecule has 2 bridgehead atoms. The normalized spacial score (nSPS) is 25.2. The minimum atomic E-state index is -0.607. The van der Waals surface area contributed by atoms with E-state index in [1.165, 1.54) is 10.0 Å². The fraction of sp³-hybridized carbons (Fsp3) is 0.579. The van der Waals surface area contributed by atoms with Crippen molar-refractivity contribution >= 4 is 12.2 Å². The summed E-state index contributed by atoms with van der Waals surface area (Å²) in [4.78, 5) is 25.3. The molecular formula is C19H26N2O4. The summed E-state index contributed by atoms with van der Waals surface area (Å²) < 4.78 is 11.0. The van der Waals surface area contributed by atoms with Crippen LogP contribution in [0.1, 0.15) is 46.1 Å². The fourth-order valence-corrected chi connectivity index (χ4v) is 3.62. The Morgan fingerprint density at radius 3 is 2.40 bits per heavy atom. The van der Waals surface area contributed by atoms with Crippen LogP contribution in [0.5, 0.6) is 0 Å². The lowest BCUT2D eigenvalue weighted by Crippen LogP contribution is -2.56. The van der Waals surface area contributed by atoms with Crippen molar-refractivity contribution < 1.29 is 19.1 Å². The molecule has 6 nitrogen and oxygen atoms in total. The van der Waals surface area contributed by atoms with E-state index in [-0.39, 0.29) is 18.7 Å². The van der Waals surface area contributed by atoms with Crippen LogP contribution >= 0.6 is 0 Å². The van der Waals surface area contributed by atoms with E-state index in [2.05, 4.69) is 6.92 Å². The number of rotatable bonds is 2. The smallest absolute Gasteiger partial charge is 0.429 e. The maximum absolute atomic E-state index is 12.7. The molecule has 1 aliphatic heterocycles. The molecule has 0 radical (unpaired) electrons. The second kappa shape index (κ2) is 6.58. The molecule has 2 amide bonds. The second-order valence-corrected chi connectivity index (χ2v) is 7.88. The van der Waals surface area contributed by atoms with Crippen LogP contribution in [0.25, 0.3) is 0 Å². The molecule has 3 rings (SSSR count). The van der Waals surface area contributed by atoms with Crippen molar-refractivity contribution in [3.8, 4) is 0 Å². The SMILES string of the molecule is CC1CC2CC1N(C(=O)OCc1ccccc1)N2C(=O)OC(C)(C)C. The van der Waals surface area contributed by atoms with Crippen LogP contribution in [0.3, 0.4) is 0 Å². The molecule has 136 valence electrons. The summed E-state index contributed by atoms with van der Waals surface area (Å²) >= 11 is 0. The largest absolute Gasteiger partial charge is 0.443 e. The van der Waals surface area contributed by atoms with Crippen molar-refractivity contribution in [2.45, 2.75) is 64.8 Å². The van der Waals surface area contributed by atoms with Gasteiger partial charge in [0.25, 0.3) is 0 Å². The summed E-state index contributed by atoms with van der Waals surface area (Å²) in [6.45, 7) is 7.75. The van der Waals surface area contributed by atoms with Crippen molar-refractivity contribution in [3.05, 3.63) is 35.9 Å². The van der Waals surface area contributed by atoms with Crippen LogP contribution in [0.4, 0.5) is 9.59 Å². The van der Waals surface area contributed by atoms with Crippen LogP contribution in [-0.2, 0) is 16.1 Å². The highest BCUT2D eigenvalue weighted by Gasteiger charge is 2.54. The maximum Gasteiger partial charge on any atom is 0.429 e. The lowest BCUT2D eigenvalue weighted by Gasteiger charge is -2.39. The Bertz CT molecular complexity index is 641. The molecule has 1 saturated carbocycles. The topological polar surface area (TPSA) is 59.1 Å².